The van der Waals surface area contributed by atoms with Gasteiger partial charge in [-0.2, -0.15) is 13.2 Å². The molecule has 3 rings (SSSR count). The number of carbonyl (C=O) groups excluding carboxylic acids is 3. The fourth-order valence-corrected chi connectivity index (χ4v) is 3.25. The largest absolute Gasteiger partial charge is 0.401 e. The topological polar surface area (TPSA) is 105 Å². The molecule has 0 spiro atoms. The third-order valence-electron chi connectivity index (χ3n) is 4.74. The van der Waals surface area contributed by atoms with Gasteiger partial charge in [0.05, 0.1) is 18.8 Å². The van der Waals surface area contributed by atoms with Crippen molar-refractivity contribution < 1.29 is 36.7 Å². The Labute approximate surface area is 168 Å². The lowest BCUT2D eigenvalue weighted by Gasteiger charge is -2.29. The molecule has 0 radical (unpaired) electrons. The van der Waals surface area contributed by atoms with Crippen LogP contribution in [0.1, 0.15) is 12.8 Å². The molecule has 0 unspecified atom stereocenters. The maximum atomic E-state index is 14.5. The Morgan fingerprint density at radius 3 is 2.57 bits per heavy atom. The Balaban J connectivity index is 1.77. The van der Waals surface area contributed by atoms with E-state index in [1.807, 2.05) is 0 Å². The van der Waals surface area contributed by atoms with Crippen molar-refractivity contribution in [3.05, 3.63) is 24.0 Å². The number of ether oxygens (including phenoxy) is 1. The Hall–Kier alpha value is -2.73. The lowest BCUT2D eigenvalue weighted by molar-refractivity contribution is -0.158. The lowest BCUT2D eigenvalue weighted by Crippen LogP contribution is -2.55. The molecule has 1 atom stereocenters. The molecule has 2 fully saturated rings. The van der Waals surface area contributed by atoms with Crippen LogP contribution in [0.2, 0.25) is 0 Å². The highest BCUT2D eigenvalue weighted by Gasteiger charge is 2.46. The number of hydrogen-bond donors (Lipinski definition) is 2. The Bertz CT molecular complexity index is 844. The predicted molar refractivity (Wildman–Crippen MR) is 97.0 cm³/mol. The molecule has 1 aromatic carbocycles. The quantitative estimate of drug-likeness (QED) is 0.494. The summed E-state index contributed by atoms with van der Waals surface area (Å²) in [6, 6.07) is 1.03. The normalized spacial score (nSPS) is 18.4. The molecule has 164 valence electrons. The van der Waals surface area contributed by atoms with Gasteiger partial charge in [0.2, 0.25) is 5.91 Å². The first-order valence-electron chi connectivity index (χ1n) is 9.17. The van der Waals surface area contributed by atoms with Crippen molar-refractivity contribution in [1.82, 2.24) is 4.90 Å². The number of carbonyl (C=O) groups is 3. The Morgan fingerprint density at radius 2 is 2.03 bits per heavy atom. The number of nitrogens with two attached hydrogens (primary N) is 1. The van der Waals surface area contributed by atoms with Crippen LogP contribution in [0.15, 0.2) is 18.2 Å². The summed E-state index contributed by atoms with van der Waals surface area (Å²) in [6.45, 7) is -1.13. The number of nitrogens with one attached hydrogen (secondary N) is 1. The molecule has 30 heavy (non-hydrogen) atoms. The lowest BCUT2D eigenvalue weighted by atomic mass is 10.1. The molecule has 1 saturated carbocycles. The van der Waals surface area contributed by atoms with Gasteiger partial charge in [0.15, 0.2) is 6.04 Å². The summed E-state index contributed by atoms with van der Waals surface area (Å²) in [5, 5.41) is 2.13. The maximum absolute atomic E-state index is 14.5. The second kappa shape index (κ2) is 8.56. The molecular formula is C18H20F4N4O4. The standard InChI is InChI=1S/C18H20F4N4O4/c19-12-7-11(25-5-6-30-8-14(25)27)3-4-13(12)24-17(29)15(16(23)28)26(10-1-2-10)9-18(20,21)22/h3-4,7,10,15H,1-2,5-6,8-9H2,(H2,23,28)(H,24,29)/t15-/m0/s1. The van der Waals surface area contributed by atoms with Crippen LogP contribution in [0.5, 0.6) is 0 Å². The highest BCUT2D eigenvalue weighted by Crippen LogP contribution is 2.32. The summed E-state index contributed by atoms with van der Waals surface area (Å²) in [5.41, 5.74) is 5.08. The van der Waals surface area contributed by atoms with Gasteiger partial charge in [-0.25, -0.2) is 4.39 Å². The molecule has 1 aliphatic carbocycles. The van der Waals surface area contributed by atoms with E-state index in [0.717, 1.165) is 12.1 Å². The molecule has 2 aliphatic rings. The van der Waals surface area contributed by atoms with E-state index in [0.29, 0.717) is 17.7 Å². The zero-order valence-corrected chi connectivity index (χ0v) is 15.7. The van der Waals surface area contributed by atoms with Crippen LogP contribution in [0.4, 0.5) is 28.9 Å². The van der Waals surface area contributed by atoms with Gasteiger partial charge in [0, 0.05) is 18.3 Å². The van der Waals surface area contributed by atoms with Gasteiger partial charge in [0.25, 0.3) is 11.8 Å². The number of morpholine rings is 1. The van der Waals surface area contributed by atoms with Crippen molar-refractivity contribution in [2.45, 2.75) is 31.1 Å². The van der Waals surface area contributed by atoms with Crippen molar-refractivity contribution in [2.75, 3.05) is 36.5 Å². The van der Waals surface area contributed by atoms with E-state index in [9.17, 15) is 31.9 Å². The SMILES string of the molecule is NC(=O)[C@@H](C(=O)Nc1ccc(N2CCOCC2=O)cc1F)N(CC(F)(F)F)C1CC1. The summed E-state index contributed by atoms with van der Waals surface area (Å²) in [6.07, 6.45) is -3.86. The van der Waals surface area contributed by atoms with Crippen molar-refractivity contribution in [3.8, 4) is 0 Å². The zero-order chi connectivity index (χ0) is 22.1. The fourth-order valence-electron chi connectivity index (χ4n) is 3.25. The first-order valence-corrected chi connectivity index (χ1v) is 9.17. The molecule has 1 heterocycles. The van der Waals surface area contributed by atoms with Crippen molar-refractivity contribution in [2.24, 2.45) is 5.73 Å². The third-order valence-corrected chi connectivity index (χ3v) is 4.74. The highest BCUT2D eigenvalue weighted by molar-refractivity contribution is 6.09. The fraction of sp³-hybridized carbons (Fsp3) is 0.500. The highest BCUT2D eigenvalue weighted by atomic mass is 19.4. The molecule has 8 nitrogen and oxygen atoms in total. The Morgan fingerprint density at radius 1 is 1.33 bits per heavy atom. The van der Waals surface area contributed by atoms with Crippen LogP contribution in [-0.4, -0.2) is 67.2 Å². The van der Waals surface area contributed by atoms with Gasteiger partial charge < -0.3 is 20.7 Å². The maximum Gasteiger partial charge on any atom is 0.401 e. The van der Waals surface area contributed by atoms with Crippen molar-refractivity contribution in [1.29, 1.82) is 0 Å². The number of rotatable bonds is 7. The molecule has 1 saturated heterocycles. The number of amides is 3. The van der Waals surface area contributed by atoms with E-state index in [1.54, 1.807) is 0 Å². The van der Waals surface area contributed by atoms with Crippen LogP contribution in [0.25, 0.3) is 0 Å². The minimum atomic E-state index is -4.64. The minimum Gasteiger partial charge on any atom is -0.370 e. The molecule has 12 heteroatoms. The Kier molecular flexibility index (Phi) is 6.27. The minimum absolute atomic E-state index is 0.142. The van der Waals surface area contributed by atoms with E-state index in [2.05, 4.69) is 5.32 Å². The van der Waals surface area contributed by atoms with Gasteiger partial charge in [-0.05, 0) is 31.0 Å². The molecule has 3 amide bonds. The molecule has 0 aromatic heterocycles. The molecule has 1 aromatic rings. The molecule has 1 aliphatic heterocycles. The van der Waals surface area contributed by atoms with E-state index >= 15 is 0 Å². The van der Waals surface area contributed by atoms with E-state index in [-0.39, 0.29) is 37.0 Å². The van der Waals surface area contributed by atoms with Gasteiger partial charge in [-0.15, -0.1) is 0 Å². The van der Waals surface area contributed by atoms with Crippen LogP contribution in [0, 0.1) is 5.82 Å². The molecular weight excluding hydrogens is 412 g/mol. The average molecular weight is 432 g/mol. The first-order chi connectivity index (χ1) is 14.1. The number of hydrogen-bond acceptors (Lipinski definition) is 5. The third kappa shape index (κ3) is 5.25. The summed E-state index contributed by atoms with van der Waals surface area (Å²) < 4.78 is 58.2. The number of benzene rings is 1. The summed E-state index contributed by atoms with van der Waals surface area (Å²) in [4.78, 5) is 38.2. The molecule has 0 bridgehead atoms. The monoisotopic (exact) mass is 432 g/mol. The number of nitrogens with zero attached hydrogens (tertiary/aromatic N) is 2. The summed E-state index contributed by atoms with van der Waals surface area (Å²) in [7, 11) is 0. The summed E-state index contributed by atoms with van der Waals surface area (Å²) in [5.74, 6) is -3.71. The van der Waals surface area contributed by atoms with E-state index < -0.39 is 42.4 Å². The number of anilines is 2. The first kappa shape index (κ1) is 22.0. The van der Waals surface area contributed by atoms with Crippen molar-refractivity contribution >= 4 is 29.1 Å². The molecule has 3 N–H and O–H groups in total. The smallest absolute Gasteiger partial charge is 0.370 e. The van der Waals surface area contributed by atoms with Gasteiger partial charge in [0.1, 0.15) is 12.4 Å². The van der Waals surface area contributed by atoms with Crippen LogP contribution in [-0.2, 0) is 19.1 Å². The van der Waals surface area contributed by atoms with Crippen LogP contribution in [0.3, 0.4) is 0 Å². The number of halogens is 4. The average Bonchev–Trinajstić information content (AvgIpc) is 3.47. The second-order valence-corrected chi connectivity index (χ2v) is 7.07. The van der Waals surface area contributed by atoms with Gasteiger partial charge >= 0.3 is 6.18 Å². The number of alkyl halides is 3. The second-order valence-electron chi connectivity index (χ2n) is 7.07. The van der Waals surface area contributed by atoms with Crippen molar-refractivity contribution in [3.63, 3.8) is 0 Å². The van der Waals surface area contributed by atoms with Gasteiger partial charge in [-0.3, -0.25) is 19.3 Å². The summed E-state index contributed by atoms with van der Waals surface area (Å²) >= 11 is 0. The van der Waals surface area contributed by atoms with Crippen LogP contribution < -0.4 is 16.0 Å². The van der Waals surface area contributed by atoms with E-state index in [4.69, 9.17) is 10.5 Å². The van der Waals surface area contributed by atoms with Crippen LogP contribution >= 0.6 is 0 Å². The van der Waals surface area contributed by atoms with Gasteiger partial charge in [-0.1, -0.05) is 0 Å². The number of primary amides is 1. The zero-order valence-electron chi connectivity index (χ0n) is 15.7. The predicted octanol–water partition coefficient (Wildman–Crippen LogP) is 1.01. The van der Waals surface area contributed by atoms with E-state index in [1.165, 1.54) is 11.0 Å².